The number of hydrogen-bond donors (Lipinski definition) is 2. The van der Waals surface area contributed by atoms with E-state index >= 15 is 0 Å². The number of nitrogens with one attached hydrogen (secondary N) is 2. The van der Waals surface area contributed by atoms with Gasteiger partial charge >= 0.3 is 0 Å². The van der Waals surface area contributed by atoms with Crippen LogP contribution in [0.5, 0.6) is 0 Å². The van der Waals surface area contributed by atoms with Gasteiger partial charge in [0, 0.05) is 6.54 Å². The molecule has 2 aromatic rings. The van der Waals surface area contributed by atoms with Gasteiger partial charge in [-0.1, -0.05) is 60.7 Å². The number of rotatable bonds is 6. The van der Waals surface area contributed by atoms with Gasteiger partial charge in [-0.2, -0.15) is 0 Å². The number of benzene rings is 2. The maximum Gasteiger partial charge on any atom is 0.0949 e. The Balaban J connectivity index is 1.61. The van der Waals surface area contributed by atoms with Crippen LogP contribution in [0.3, 0.4) is 0 Å². The summed E-state index contributed by atoms with van der Waals surface area (Å²) < 4.78 is 0. The number of hydrazine groups is 1. The van der Waals surface area contributed by atoms with Crippen molar-refractivity contribution in [1.29, 1.82) is 0 Å². The van der Waals surface area contributed by atoms with E-state index in [1.807, 2.05) is 48.5 Å². The van der Waals surface area contributed by atoms with Crippen LogP contribution in [0.2, 0.25) is 0 Å². The van der Waals surface area contributed by atoms with Gasteiger partial charge in [-0.25, -0.2) is 5.43 Å². The Bertz CT molecular complexity index is 375. The molecule has 0 radical (unpaired) electrons. The summed E-state index contributed by atoms with van der Waals surface area (Å²) in [6.07, 6.45) is 0. The summed E-state index contributed by atoms with van der Waals surface area (Å²) in [5, 5.41) is 0. The zero-order valence-corrected chi connectivity index (χ0v) is 9.60. The van der Waals surface area contributed by atoms with Crippen molar-refractivity contribution in [2.45, 2.75) is 13.2 Å². The summed E-state index contributed by atoms with van der Waals surface area (Å²) in [5.74, 6) is 0. The lowest BCUT2D eigenvalue weighted by Crippen LogP contribution is -2.31. The van der Waals surface area contributed by atoms with E-state index in [1.54, 1.807) is 0 Å². The SMILES string of the molecule is c1ccc(CNNOCc2ccccc2)cc1. The van der Waals surface area contributed by atoms with E-state index in [4.69, 9.17) is 4.84 Å². The highest BCUT2D eigenvalue weighted by atomic mass is 16.7. The van der Waals surface area contributed by atoms with Crippen LogP contribution in [0.1, 0.15) is 11.1 Å². The average Bonchev–Trinajstić information content (AvgIpc) is 2.41. The molecular formula is C14H16N2O. The van der Waals surface area contributed by atoms with E-state index in [0.29, 0.717) is 6.61 Å². The van der Waals surface area contributed by atoms with Gasteiger partial charge in [0.2, 0.25) is 0 Å². The van der Waals surface area contributed by atoms with E-state index in [0.717, 1.165) is 12.1 Å². The van der Waals surface area contributed by atoms with E-state index < -0.39 is 0 Å². The summed E-state index contributed by atoms with van der Waals surface area (Å²) in [5.41, 5.74) is 8.08. The fraction of sp³-hybridized carbons (Fsp3) is 0.143. The minimum atomic E-state index is 0.544. The molecule has 17 heavy (non-hydrogen) atoms. The van der Waals surface area contributed by atoms with Gasteiger partial charge in [-0.05, 0) is 11.1 Å². The first-order valence-corrected chi connectivity index (χ1v) is 5.62. The highest BCUT2D eigenvalue weighted by molar-refractivity contribution is 5.14. The van der Waals surface area contributed by atoms with Crippen molar-refractivity contribution in [2.75, 3.05) is 0 Å². The molecule has 0 atom stereocenters. The zero-order chi connectivity index (χ0) is 11.8. The number of hydrogen-bond acceptors (Lipinski definition) is 3. The highest BCUT2D eigenvalue weighted by Gasteiger charge is 1.92. The average molecular weight is 228 g/mol. The van der Waals surface area contributed by atoms with Crippen LogP contribution in [0.15, 0.2) is 60.7 Å². The molecule has 0 amide bonds. The maximum atomic E-state index is 5.28. The topological polar surface area (TPSA) is 33.3 Å². The van der Waals surface area contributed by atoms with Gasteiger partial charge in [0.25, 0.3) is 0 Å². The van der Waals surface area contributed by atoms with Crippen LogP contribution >= 0.6 is 0 Å². The molecule has 0 aliphatic rings. The first-order valence-electron chi connectivity index (χ1n) is 5.62. The van der Waals surface area contributed by atoms with Gasteiger partial charge in [0.15, 0.2) is 0 Å². The third kappa shape index (κ3) is 4.36. The molecule has 0 aromatic heterocycles. The van der Waals surface area contributed by atoms with Crippen LogP contribution in [0.25, 0.3) is 0 Å². The summed E-state index contributed by atoms with van der Waals surface area (Å²) in [7, 11) is 0. The molecule has 3 nitrogen and oxygen atoms in total. The second-order valence-electron chi connectivity index (χ2n) is 3.72. The van der Waals surface area contributed by atoms with E-state index in [2.05, 4.69) is 23.1 Å². The normalized spacial score (nSPS) is 10.4. The minimum absolute atomic E-state index is 0.544. The second kappa shape index (κ2) is 6.81. The Morgan fingerprint density at radius 1 is 0.765 bits per heavy atom. The summed E-state index contributed by atoms with van der Waals surface area (Å²) >= 11 is 0. The van der Waals surface area contributed by atoms with Crippen LogP contribution < -0.4 is 11.0 Å². The fourth-order valence-corrected chi connectivity index (χ4v) is 1.48. The van der Waals surface area contributed by atoms with Crippen molar-refractivity contribution in [1.82, 2.24) is 11.0 Å². The first kappa shape index (κ1) is 11.8. The molecule has 0 bridgehead atoms. The monoisotopic (exact) mass is 228 g/mol. The van der Waals surface area contributed by atoms with Crippen molar-refractivity contribution in [3.8, 4) is 0 Å². The van der Waals surface area contributed by atoms with E-state index in [-0.39, 0.29) is 0 Å². The first-order chi connectivity index (χ1) is 8.45. The van der Waals surface area contributed by atoms with E-state index in [1.165, 1.54) is 5.56 Å². The molecule has 3 heteroatoms. The van der Waals surface area contributed by atoms with Crippen molar-refractivity contribution in [3.05, 3.63) is 71.8 Å². The summed E-state index contributed by atoms with van der Waals surface area (Å²) in [6.45, 7) is 1.28. The molecule has 0 aliphatic carbocycles. The quantitative estimate of drug-likeness (QED) is 0.588. The molecule has 0 heterocycles. The van der Waals surface area contributed by atoms with Gasteiger partial charge in [0.05, 0.1) is 6.61 Å². The maximum absolute atomic E-state index is 5.28. The third-order valence-corrected chi connectivity index (χ3v) is 2.36. The standard InChI is InChI=1S/C14H16N2O/c1-3-7-13(8-4-1)11-15-16-17-12-14-9-5-2-6-10-14/h1-10,15-16H,11-12H2. The Hall–Kier alpha value is -1.68. The Morgan fingerprint density at radius 3 is 2.00 bits per heavy atom. The molecule has 2 aromatic carbocycles. The van der Waals surface area contributed by atoms with Crippen LogP contribution in [-0.2, 0) is 18.0 Å². The Labute approximate surface area is 101 Å². The van der Waals surface area contributed by atoms with Crippen molar-refractivity contribution in [2.24, 2.45) is 0 Å². The lowest BCUT2D eigenvalue weighted by Gasteiger charge is -2.07. The largest absolute Gasteiger partial charge is 0.282 e. The van der Waals surface area contributed by atoms with Gasteiger partial charge in [-0.15, -0.1) is 5.59 Å². The third-order valence-electron chi connectivity index (χ3n) is 2.36. The molecule has 0 saturated heterocycles. The van der Waals surface area contributed by atoms with Crippen molar-refractivity contribution < 1.29 is 4.84 Å². The molecule has 0 saturated carbocycles. The summed E-state index contributed by atoms with van der Waals surface area (Å²) in [6, 6.07) is 20.2. The Morgan fingerprint density at radius 2 is 1.35 bits per heavy atom. The molecule has 0 aliphatic heterocycles. The smallest absolute Gasteiger partial charge is 0.0949 e. The molecular weight excluding hydrogens is 212 g/mol. The molecule has 0 unspecified atom stereocenters. The second-order valence-corrected chi connectivity index (χ2v) is 3.72. The van der Waals surface area contributed by atoms with Crippen molar-refractivity contribution in [3.63, 3.8) is 0 Å². The van der Waals surface area contributed by atoms with Gasteiger partial charge in [-0.3, -0.25) is 4.84 Å². The predicted molar refractivity (Wildman–Crippen MR) is 67.6 cm³/mol. The molecule has 0 fully saturated rings. The lowest BCUT2D eigenvalue weighted by atomic mass is 10.2. The Kier molecular flexibility index (Phi) is 4.72. The van der Waals surface area contributed by atoms with Crippen LogP contribution in [-0.4, -0.2) is 0 Å². The molecule has 2 rings (SSSR count). The summed E-state index contributed by atoms with van der Waals surface area (Å²) in [4.78, 5) is 5.28. The minimum Gasteiger partial charge on any atom is -0.282 e. The fourth-order valence-electron chi connectivity index (χ4n) is 1.48. The zero-order valence-electron chi connectivity index (χ0n) is 9.60. The van der Waals surface area contributed by atoms with Crippen molar-refractivity contribution >= 4 is 0 Å². The van der Waals surface area contributed by atoms with Gasteiger partial charge < -0.3 is 0 Å². The molecule has 0 spiro atoms. The molecule has 2 N–H and O–H groups in total. The lowest BCUT2D eigenvalue weighted by molar-refractivity contribution is -0.00307. The predicted octanol–water partition coefficient (Wildman–Crippen LogP) is 2.41. The highest BCUT2D eigenvalue weighted by Crippen LogP contribution is 1.99. The van der Waals surface area contributed by atoms with Crippen LogP contribution in [0, 0.1) is 0 Å². The van der Waals surface area contributed by atoms with Gasteiger partial charge in [0.1, 0.15) is 0 Å². The molecule has 88 valence electrons. The van der Waals surface area contributed by atoms with Crippen LogP contribution in [0.4, 0.5) is 0 Å². The van der Waals surface area contributed by atoms with E-state index in [9.17, 15) is 0 Å².